The van der Waals surface area contributed by atoms with Crippen molar-refractivity contribution in [3.63, 3.8) is 0 Å². The van der Waals surface area contributed by atoms with Crippen LogP contribution >= 0.6 is 11.3 Å². The van der Waals surface area contributed by atoms with Crippen LogP contribution in [-0.2, 0) is 0 Å². The number of hydrogen-bond acceptors (Lipinski definition) is 7. The van der Waals surface area contributed by atoms with E-state index in [1.165, 1.54) is 40.4 Å². The SMILES string of the molecule is O=[N+]([O-])c1ccccc1N=c1scc(-c2ccc(OC(F)F)cc2)n1/N=C/c1ccccn1. The van der Waals surface area contributed by atoms with Gasteiger partial charge in [-0.1, -0.05) is 18.2 Å². The lowest BCUT2D eigenvalue weighted by Crippen LogP contribution is -2.12. The van der Waals surface area contributed by atoms with E-state index in [-0.39, 0.29) is 17.1 Å². The smallest absolute Gasteiger partial charge is 0.387 e. The first-order chi connectivity index (χ1) is 16.0. The largest absolute Gasteiger partial charge is 0.435 e. The van der Waals surface area contributed by atoms with Crippen LogP contribution in [0.1, 0.15) is 5.69 Å². The fourth-order valence-electron chi connectivity index (χ4n) is 2.88. The summed E-state index contributed by atoms with van der Waals surface area (Å²) in [7, 11) is 0. The number of hydrogen-bond donors (Lipinski definition) is 0. The minimum atomic E-state index is -2.92. The molecule has 11 heteroatoms. The van der Waals surface area contributed by atoms with Crippen LogP contribution in [0.15, 0.2) is 88.4 Å². The average molecular weight is 467 g/mol. The second-order valence-electron chi connectivity index (χ2n) is 6.48. The third-order valence-corrected chi connectivity index (χ3v) is 5.16. The Hall–Kier alpha value is -4.25. The lowest BCUT2D eigenvalue weighted by Gasteiger charge is -2.06. The molecule has 4 rings (SSSR count). The molecule has 2 heterocycles. The molecule has 8 nitrogen and oxygen atoms in total. The molecule has 0 saturated heterocycles. The molecule has 0 N–H and O–H groups in total. The van der Waals surface area contributed by atoms with Crippen LogP contribution in [0.2, 0.25) is 0 Å². The number of para-hydroxylation sites is 2. The summed E-state index contributed by atoms with van der Waals surface area (Å²) in [5.41, 5.74) is 1.90. The van der Waals surface area contributed by atoms with Crippen molar-refractivity contribution < 1.29 is 18.4 Å². The van der Waals surface area contributed by atoms with Crippen molar-refractivity contribution in [2.24, 2.45) is 10.1 Å². The molecular formula is C22H15F2N5O3S. The number of ether oxygens (including phenoxy) is 1. The number of pyridine rings is 1. The maximum Gasteiger partial charge on any atom is 0.387 e. The molecule has 0 bridgehead atoms. The lowest BCUT2D eigenvalue weighted by atomic mass is 10.2. The van der Waals surface area contributed by atoms with Crippen molar-refractivity contribution in [2.75, 3.05) is 0 Å². The van der Waals surface area contributed by atoms with E-state index in [0.29, 0.717) is 21.8 Å². The Morgan fingerprint density at radius 3 is 2.55 bits per heavy atom. The highest BCUT2D eigenvalue weighted by Gasteiger charge is 2.14. The number of nitrogens with zero attached hydrogens (tertiary/aromatic N) is 5. The van der Waals surface area contributed by atoms with Gasteiger partial charge in [0.05, 0.1) is 22.5 Å². The zero-order valence-corrected chi connectivity index (χ0v) is 17.6. The number of nitro benzene ring substituents is 1. The Kier molecular flexibility index (Phi) is 6.60. The van der Waals surface area contributed by atoms with Crippen LogP contribution < -0.4 is 9.54 Å². The van der Waals surface area contributed by atoms with E-state index in [0.717, 1.165) is 0 Å². The summed E-state index contributed by atoms with van der Waals surface area (Å²) >= 11 is 1.22. The number of rotatable bonds is 7. The van der Waals surface area contributed by atoms with Gasteiger partial charge in [0.1, 0.15) is 11.4 Å². The summed E-state index contributed by atoms with van der Waals surface area (Å²) in [5.74, 6) is 0.0253. The molecule has 0 fully saturated rings. The molecule has 2 aromatic heterocycles. The molecule has 33 heavy (non-hydrogen) atoms. The van der Waals surface area contributed by atoms with Crippen molar-refractivity contribution >= 4 is 28.9 Å². The van der Waals surface area contributed by atoms with Crippen LogP contribution in [0.25, 0.3) is 11.3 Å². The highest BCUT2D eigenvalue weighted by atomic mass is 32.1. The Labute approximate surface area is 189 Å². The first-order valence-corrected chi connectivity index (χ1v) is 10.4. The number of halogens is 2. The van der Waals surface area contributed by atoms with E-state index >= 15 is 0 Å². The normalized spacial score (nSPS) is 11.9. The molecule has 0 amide bonds. The maximum absolute atomic E-state index is 12.5. The Bertz CT molecular complexity index is 1350. The van der Waals surface area contributed by atoms with Gasteiger partial charge in [0.15, 0.2) is 0 Å². The minimum Gasteiger partial charge on any atom is -0.435 e. The molecule has 0 saturated carbocycles. The molecule has 0 aliphatic carbocycles. The summed E-state index contributed by atoms with van der Waals surface area (Å²) in [4.78, 5) is 19.9. The van der Waals surface area contributed by atoms with E-state index in [1.54, 1.807) is 54.0 Å². The highest BCUT2D eigenvalue weighted by molar-refractivity contribution is 7.07. The Balaban J connectivity index is 1.82. The molecular weight excluding hydrogens is 452 g/mol. The Morgan fingerprint density at radius 2 is 1.85 bits per heavy atom. The van der Waals surface area contributed by atoms with E-state index in [9.17, 15) is 18.9 Å². The minimum absolute atomic E-state index is 0.0253. The lowest BCUT2D eigenvalue weighted by molar-refractivity contribution is -0.384. The van der Waals surface area contributed by atoms with Gasteiger partial charge in [-0.3, -0.25) is 15.1 Å². The topological polar surface area (TPSA) is 94.9 Å². The Morgan fingerprint density at radius 1 is 1.09 bits per heavy atom. The third kappa shape index (κ3) is 5.33. The van der Waals surface area contributed by atoms with Crippen molar-refractivity contribution in [2.45, 2.75) is 6.61 Å². The van der Waals surface area contributed by atoms with Gasteiger partial charge in [0.25, 0.3) is 5.69 Å². The van der Waals surface area contributed by atoms with E-state index in [1.807, 2.05) is 6.07 Å². The fraction of sp³-hybridized carbons (Fsp3) is 0.0455. The zero-order chi connectivity index (χ0) is 23.2. The van der Waals surface area contributed by atoms with Gasteiger partial charge >= 0.3 is 6.61 Å². The fourth-order valence-corrected chi connectivity index (χ4v) is 3.73. The highest BCUT2D eigenvalue weighted by Crippen LogP contribution is 2.27. The average Bonchev–Trinajstić information content (AvgIpc) is 3.21. The number of nitro groups is 1. The van der Waals surface area contributed by atoms with Crippen molar-refractivity contribution in [1.82, 2.24) is 9.66 Å². The van der Waals surface area contributed by atoms with Crippen LogP contribution in [0.5, 0.6) is 5.75 Å². The second kappa shape index (κ2) is 9.92. The van der Waals surface area contributed by atoms with E-state index < -0.39 is 11.5 Å². The van der Waals surface area contributed by atoms with Crippen molar-refractivity contribution in [3.05, 3.63) is 98.9 Å². The second-order valence-corrected chi connectivity index (χ2v) is 7.31. The zero-order valence-electron chi connectivity index (χ0n) is 16.8. The summed E-state index contributed by atoms with van der Waals surface area (Å²) < 4.78 is 30.8. The molecule has 0 radical (unpaired) electrons. The molecule has 2 aromatic carbocycles. The van der Waals surface area contributed by atoms with Crippen LogP contribution in [0.3, 0.4) is 0 Å². The van der Waals surface area contributed by atoms with Gasteiger partial charge < -0.3 is 4.74 Å². The predicted octanol–water partition coefficient (Wildman–Crippen LogP) is 5.24. The maximum atomic E-state index is 12.5. The third-order valence-electron chi connectivity index (χ3n) is 4.35. The van der Waals surface area contributed by atoms with Crippen LogP contribution in [-0.4, -0.2) is 27.4 Å². The molecule has 166 valence electrons. The summed E-state index contributed by atoms with van der Waals surface area (Å²) in [6.07, 6.45) is 3.16. The predicted molar refractivity (Wildman–Crippen MR) is 120 cm³/mol. The van der Waals surface area contributed by atoms with Gasteiger partial charge in [0.2, 0.25) is 4.80 Å². The van der Waals surface area contributed by atoms with Gasteiger partial charge in [-0.15, -0.1) is 11.3 Å². The molecule has 4 aromatic rings. The van der Waals surface area contributed by atoms with Gasteiger partial charge in [0, 0.05) is 23.2 Å². The molecule has 0 unspecified atom stereocenters. The van der Waals surface area contributed by atoms with Crippen molar-refractivity contribution in [1.29, 1.82) is 0 Å². The van der Waals surface area contributed by atoms with Gasteiger partial charge in [-0.2, -0.15) is 13.9 Å². The number of thiazole rings is 1. The standard InChI is InChI=1S/C22H15F2N5O3S/c23-21(24)32-17-10-8-15(9-11-17)20-14-33-22(27-18-6-1-2-7-19(18)29(30)31)28(20)26-13-16-5-3-4-12-25-16/h1-14,21H/b26-13+,27-22?. The molecule has 0 aliphatic heterocycles. The molecule has 0 spiro atoms. The van der Waals surface area contributed by atoms with Crippen molar-refractivity contribution in [3.8, 4) is 17.0 Å². The van der Waals surface area contributed by atoms with Gasteiger partial charge in [-0.25, -0.2) is 9.67 Å². The van der Waals surface area contributed by atoms with E-state index in [4.69, 9.17) is 0 Å². The number of alkyl halides is 2. The molecule has 0 aliphatic rings. The summed E-state index contributed by atoms with van der Waals surface area (Å²) in [6.45, 7) is -2.92. The number of aromatic nitrogens is 2. The summed E-state index contributed by atoms with van der Waals surface area (Å²) in [5, 5.41) is 17.6. The monoisotopic (exact) mass is 467 g/mol. The quantitative estimate of drug-likeness (QED) is 0.211. The van der Waals surface area contributed by atoms with Crippen LogP contribution in [0, 0.1) is 10.1 Å². The van der Waals surface area contributed by atoms with Gasteiger partial charge in [-0.05, 0) is 42.5 Å². The van der Waals surface area contributed by atoms with Crippen LogP contribution in [0.4, 0.5) is 20.2 Å². The first kappa shape index (κ1) is 22.0. The van der Waals surface area contributed by atoms with E-state index in [2.05, 4.69) is 19.8 Å². The summed E-state index contributed by atoms with van der Waals surface area (Å²) in [6, 6.07) is 17.6. The number of benzene rings is 2. The molecule has 0 atom stereocenters. The first-order valence-electron chi connectivity index (χ1n) is 9.50.